The number of nitrogens with zero attached hydrogens (tertiary/aromatic N) is 4. The highest BCUT2D eigenvalue weighted by Gasteiger charge is 2.20. The lowest BCUT2D eigenvalue weighted by Gasteiger charge is -2.29. The number of aryl methyl sites for hydroxylation is 1. The summed E-state index contributed by atoms with van der Waals surface area (Å²) < 4.78 is 2.28. The summed E-state index contributed by atoms with van der Waals surface area (Å²) in [7, 11) is 2.93. The van der Waals surface area contributed by atoms with Crippen molar-refractivity contribution < 1.29 is 9.59 Å². The normalized spacial score (nSPS) is 13.2. The molecule has 0 saturated heterocycles. The minimum Gasteiger partial charge on any atom is -0.349 e. The van der Waals surface area contributed by atoms with Crippen LogP contribution in [0.25, 0.3) is 11.2 Å². The first-order valence-electron chi connectivity index (χ1n) is 10.6. The number of carbonyl (C=O) groups is 2. The van der Waals surface area contributed by atoms with Crippen LogP contribution in [0.5, 0.6) is 0 Å². The summed E-state index contributed by atoms with van der Waals surface area (Å²) in [5, 5.41) is 2.74. The Balaban J connectivity index is 1.27. The molecule has 0 bridgehead atoms. The van der Waals surface area contributed by atoms with E-state index in [-0.39, 0.29) is 35.9 Å². The Morgan fingerprint density at radius 2 is 1.84 bits per heavy atom. The van der Waals surface area contributed by atoms with Crippen molar-refractivity contribution in [2.45, 2.75) is 38.8 Å². The van der Waals surface area contributed by atoms with E-state index >= 15 is 0 Å². The van der Waals surface area contributed by atoms with E-state index in [1.807, 2.05) is 23.1 Å². The quantitative estimate of drug-likeness (QED) is 0.574. The molecule has 0 atom stereocenters. The van der Waals surface area contributed by atoms with Crippen molar-refractivity contribution in [1.82, 2.24) is 29.3 Å². The average molecular weight is 438 g/mol. The smallest absolute Gasteiger partial charge is 0.332 e. The standard InChI is InChI=1S/C22H26N6O4/c1-26-20-19(21(31)27(2)22(26)32)24-16(25-20)12-23-17(29)8-5-9-18(30)28-11-10-14-6-3-4-7-15(14)13-28/h3-4,6-7H,5,8-13H2,1-2H3,(H,23,29)(H,24,25). The molecule has 1 aliphatic heterocycles. The largest absolute Gasteiger partial charge is 0.349 e. The topological polar surface area (TPSA) is 122 Å². The van der Waals surface area contributed by atoms with Gasteiger partial charge < -0.3 is 15.2 Å². The monoisotopic (exact) mass is 438 g/mol. The maximum Gasteiger partial charge on any atom is 0.332 e. The van der Waals surface area contributed by atoms with Crippen LogP contribution in [0.1, 0.15) is 36.2 Å². The molecule has 0 spiro atoms. The number of fused-ring (bicyclic) bond motifs is 2. The van der Waals surface area contributed by atoms with Gasteiger partial charge in [-0.05, 0) is 24.0 Å². The van der Waals surface area contributed by atoms with Crippen LogP contribution < -0.4 is 16.6 Å². The summed E-state index contributed by atoms with van der Waals surface area (Å²) in [6.07, 6.45) is 1.85. The summed E-state index contributed by atoms with van der Waals surface area (Å²) in [6.45, 7) is 1.42. The van der Waals surface area contributed by atoms with E-state index in [4.69, 9.17) is 0 Å². The third kappa shape index (κ3) is 4.20. The lowest BCUT2D eigenvalue weighted by Crippen LogP contribution is -2.36. The van der Waals surface area contributed by atoms with Crippen molar-refractivity contribution in [1.29, 1.82) is 0 Å². The zero-order chi connectivity index (χ0) is 22.8. The molecule has 1 aliphatic rings. The third-order valence-electron chi connectivity index (χ3n) is 5.87. The van der Waals surface area contributed by atoms with Crippen molar-refractivity contribution in [2.24, 2.45) is 14.1 Å². The predicted molar refractivity (Wildman–Crippen MR) is 118 cm³/mol. The molecule has 4 rings (SSSR count). The van der Waals surface area contributed by atoms with E-state index in [9.17, 15) is 19.2 Å². The Kier molecular flexibility index (Phi) is 5.93. The van der Waals surface area contributed by atoms with Gasteiger partial charge in [-0.15, -0.1) is 0 Å². The molecule has 0 radical (unpaired) electrons. The number of amides is 2. The molecule has 168 valence electrons. The number of hydrogen-bond donors (Lipinski definition) is 2. The first kappa shape index (κ1) is 21.5. The van der Waals surface area contributed by atoms with Gasteiger partial charge in [0.2, 0.25) is 11.8 Å². The van der Waals surface area contributed by atoms with E-state index in [1.54, 1.807) is 0 Å². The molecule has 10 nitrogen and oxygen atoms in total. The van der Waals surface area contributed by atoms with E-state index in [0.29, 0.717) is 31.8 Å². The van der Waals surface area contributed by atoms with Gasteiger partial charge in [0.05, 0.1) is 6.54 Å². The summed E-state index contributed by atoms with van der Waals surface area (Å²) in [5.41, 5.74) is 2.00. The molecule has 0 fully saturated rings. The number of carbonyl (C=O) groups excluding carboxylic acids is 2. The molecule has 0 aliphatic carbocycles. The maximum absolute atomic E-state index is 12.5. The minimum atomic E-state index is -0.466. The highest BCUT2D eigenvalue weighted by molar-refractivity contribution is 5.79. The van der Waals surface area contributed by atoms with Crippen molar-refractivity contribution in [3.05, 3.63) is 62.1 Å². The van der Waals surface area contributed by atoms with Gasteiger partial charge in [0, 0.05) is 40.0 Å². The number of nitrogens with one attached hydrogen (secondary N) is 2. The van der Waals surface area contributed by atoms with Crippen LogP contribution in [0.2, 0.25) is 0 Å². The second-order valence-corrected chi connectivity index (χ2v) is 8.05. The third-order valence-corrected chi connectivity index (χ3v) is 5.87. The molecule has 32 heavy (non-hydrogen) atoms. The van der Waals surface area contributed by atoms with Crippen LogP contribution in [0, 0.1) is 0 Å². The fraction of sp³-hybridized carbons (Fsp3) is 0.409. The van der Waals surface area contributed by atoms with Crippen LogP contribution in [-0.4, -0.2) is 42.4 Å². The maximum atomic E-state index is 12.5. The van der Waals surface area contributed by atoms with E-state index < -0.39 is 11.2 Å². The fourth-order valence-electron chi connectivity index (χ4n) is 4.00. The number of H-pyrrole nitrogens is 1. The number of aromatic amines is 1. The highest BCUT2D eigenvalue weighted by Crippen LogP contribution is 2.19. The Morgan fingerprint density at radius 3 is 2.62 bits per heavy atom. The SMILES string of the molecule is Cn1c(=O)c2[nH]c(CNC(=O)CCCC(=O)N3CCc4ccccc4C3)nc2n(C)c1=O. The molecule has 2 aromatic heterocycles. The van der Waals surface area contributed by atoms with Crippen LogP contribution in [-0.2, 0) is 43.2 Å². The lowest BCUT2D eigenvalue weighted by atomic mass is 9.99. The first-order chi connectivity index (χ1) is 15.3. The zero-order valence-electron chi connectivity index (χ0n) is 18.2. The Hall–Kier alpha value is -3.69. The van der Waals surface area contributed by atoms with Crippen LogP contribution in [0.15, 0.2) is 33.9 Å². The highest BCUT2D eigenvalue weighted by atomic mass is 16.2. The molecule has 0 saturated carbocycles. The van der Waals surface area contributed by atoms with Crippen molar-refractivity contribution >= 4 is 23.0 Å². The lowest BCUT2D eigenvalue weighted by molar-refractivity contribution is -0.132. The molecule has 10 heteroatoms. The van der Waals surface area contributed by atoms with E-state index in [1.165, 1.54) is 29.8 Å². The van der Waals surface area contributed by atoms with Gasteiger partial charge >= 0.3 is 5.69 Å². The second kappa shape index (κ2) is 8.81. The predicted octanol–water partition coefficient (Wildman–Crippen LogP) is 0.332. The number of benzene rings is 1. The Labute approximate surface area is 183 Å². The number of imidazole rings is 1. The van der Waals surface area contributed by atoms with E-state index in [2.05, 4.69) is 21.4 Å². The van der Waals surface area contributed by atoms with Crippen molar-refractivity contribution in [2.75, 3.05) is 6.54 Å². The fourth-order valence-corrected chi connectivity index (χ4v) is 4.00. The molecule has 2 amide bonds. The molecule has 1 aromatic carbocycles. The average Bonchev–Trinajstić information content (AvgIpc) is 3.24. The van der Waals surface area contributed by atoms with Gasteiger partial charge in [0.15, 0.2) is 5.65 Å². The molecule has 3 aromatic rings. The van der Waals surface area contributed by atoms with Crippen molar-refractivity contribution in [3.63, 3.8) is 0 Å². The van der Waals surface area contributed by atoms with Gasteiger partial charge in [0.25, 0.3) is 5.56 Å². The van der Waals surface area contributed by atoms with Crippen molar-refractivity contribution in [3.8, 4) is 0 Å². The van der Waals surface area contributed by atoms with Crippen LogP contribution >= 0.6 is 0 Å². The number of aromatic nitrogens is 4. The van der Waals surface area contributed by atoms with E-state index in [0.717, 1.165) is 11.0 Å². The van der Waals surface area contributed by atoms with Gasteiger partial charge in [-0.2, -0.15) is 0 Å². The van der Waals surface area contributed by atoms with Crippen LogP contribution in [0.4, 0.5) is 0 Å². The number of hydrogen-bond acceptors (Lipinski definition) is 5. The Morgan fingerprint density at radius 1 is 1.09 bits per heavy atom. The Bertz CT molecular complexity index is 1300. The molecule has 3 heterocycles. The molecule has 0 unspecified atom stereocenters. The summed E-state index contributed by atoms with van der Waals surface area (Å²) >= 11 is 0. The summed E-state index contributed by atoms with van der Waals surface area (Å²) in [6, 6.07) is 8.15. The van der Waals surface area contributed by atoms with Gasteiger partial charge in [-0.25, -0.2) is 9.78 Å². The minimum absolute atomic E-state index is 0.0568. The van der Waals surface area contributed by atoms with Gasteiger partial charge in [-0.1, -0.05) is 24.3 Å². The second-order valence-electron chi connectivity index (χ2n) is 8.05. The summed E-state index contributed by atoms with van der Waals surface area (Å²) in [4.78, 5) is 57.9. The van der Waals surface area contributed by atoms with Gasteiger partial charge in [0.1, 0.15) is 11.3 Å². The molecular formula is C22H26N6O4. The zero-order valence-corrected chi connectivity index (χ0v) is 18.2. The molecule has 2 N–H and O–H groups in total. The first-order valence-corrected chi connectivity index (χ1v) is 10.6. The van der Waals surface area contributed by atoms with Gasteiger partial charge in [-0.3, -0.25) is 23.5 Å². The summed E-state index contributed by atoms with van der Waals surface area (Å²) in [5.74, 6) is 0.236. The van der Waals surface area contributed by atoms with Crippen LogP contribution in [0.3, 0.4) is 0 Å². The molecular weight excluding hydrogens is 412 g/mol. The number of rotatable bonds is 6.